The zero-order chi connectivity index (χ0) is 21.8. The molecule has 2 atom stereocenters. The van der Waals surface area contributed by atoms with E-state index < -0.39 is 6.04 Å². The maximum Gasteiger partial charge on any atom is 0.231 e. The highest BCUT2D eigenvalue weighted by Gasteiger charge is 2.44. The number of carbonyl (C=O) groups is 2. The van der Waals surface area contributed by atoms with Gasteiger partial charge >= 0.3 is 0 Å². The summed E-state index contributed by atoms with van der Waals surface area (Å²) in [5.41, 5.74) is 2.36. The third-order valence-corrected chi connectivity index (χ3v) is 5.76. The summed E-state index contributed by atoms with van der Waals surface area (Å²) in [4.78, 5) is 28.5. The maximum atomic E-state index is 13.4. The van der Waals surface area contributed by atoms with E-state index in [1.54, 1.807) is 43.4 Å². The lowest BCUT2D eigenvalue weighted by molar-refractivity contribution is -0.120. The number of benzene rings is 3. The van der Waals surface area contributed by atoms with E-state index in [1.165, 1.54) is 0 Å². The lowest BCUT2D eigenvalue weighted by Gasteiger charge is -2.24. The predicted molar refractivity (Wildman–Crippen MR) is 120 cm³/mol. The van der Waals surface area contributed by atoms with E-state index in [0.29, 0.717) is 35.6 Å². The highest BCUT2D eigenvalue weighted by molar-refractivity contribution is 6.11. The molecule has 1 aliphatic heterocycles. The topological polar surface area (TPSA) is 55.8 Å². The molecule has 1 aliphatic rings. The van der Waals surface area contributed by atoms with E-state index in [0.717, 1.165) is 5.56 Å². The van der Waals surface area contributed by atoms with Crippen molar-refractivity contribution in [3.8, 4) is 11.5 Å². The Balaban J connectivity index is 1.66. The lowest BCUT2D eigenvalue weighted by atomic mass is 9.93. The minimum atomic E-state index is -0.553. The third kappa shape index (κ3) is 4.31. The van der Waals surface area contributed by atoms with E-state index in [-0.39, 0.29) is 17.6 Å². The molecule has 0 spiro atoms. The number of ketones is 1. The molecule has 1 saturated heterocycles. The van der Waals surface area contributed by atoms with Crippen LogP contribution in [0.1, 0.15) is 22.3 Å². The summed E-state index contributed by atoms with van der Waals surface area (Å²) in [6.45, 7) is 0. The Morgan fingerprint density at radius 3 is 2.03 bits per heavy atom. The molecule has 1 amide bonds. The molecule has 31 heavy (non-hydrogen) atoms. The Morgan fingerprint density at radius 2 is 1.45 bits per heavy atom. The van der Waals surface area contributed by atoms with Crippen molar-refractivity contribution in [2.24, 2.45) is 5.92 Å². The van der Waals surface area contributed by atoms with Gasteiger partial charge in [0.05, 0.1) is 14.2 Å². The molecule has 0 unspecified atom stereocenters. The maximum absolute atomic E-state index is 13.4. The molecule has 4 rings (SSSR count). The number of amides is 1. The Morgan fingerprint density at radius 1 is 0.871 bits per heavy atom. The van der Waals surface area contributed by atoms with Crippen LogP contribution in [0.5, 0.6) is 11.5 Å². The standard InChI is InChI=1S/C26H25NO4/c1-30-22-12-8-19(9-13-22)25(28)24-17-20(16-18-6-4-3-5-7-18)26(29)27(24)21-10-14-23(31-2)15-11-21/h3-15,20,24H,16-17H2,1-2H3/t20-,24+/m0/s1. The van der Waals surface area contributed by atoms with E-state index in [4.69, 9.17) is 9.47 Å². The number of anilines is 1. The van der Waals surface area contributed by atoms with E-state index >= 15 is 0 Å². The highest BCUT2D eigenvalue weighted by Crippen LogP contribution is 2.35. The zero-order valence-corrected chi connectivity index (χ0v) is 17.7. The smallest absolute Gasteiger partial charge is 0.231 e. The predicted octanol–water partition coefficient (Wildman–Crippen LogP) is 4.55. The second-order valence-corrected chi connectivity index (χ2v) is 7.64. The number of methoxy groups -OCH3 is 2. The van der Waals surface area contributed by atoms with Crippen LogP contribution in [-0.4, -0.2) is 32.0 Å². The van der Waals surface area contributed by atoms with Gasteiger partial charge in [0.15, 0.2) is 5.78 Å². The van der Waals surface area contributed by atoms with Crippen LogP contribution in [0.15, 0.2) is 78.9 Å². The summed E-state index contributed by atoms with van der Waals surface area (Å²) in [6, 6.07) is 23.7. The molecule has 1 heterocycles. The first-order valence-electron chi connectivity index (χ1n) is 10.3. The SMILES string of the molecule is COc1ccc(C(=O)[C@H]2C[C@H](Cc3ccccc3)C(=O)N2c2ccc(OC)cc2)cc1. The molecular weight excluding hydrogens is 390 g/mol. The molecule has 0 N–H and O–H groups in total. The first-order chi connectivity index (χ1) is 15.1. The van der Waals surface area contributed by atoms with Crippen LogP contribution < -0.4 is 14.4 Å². The van der Waals surface area contributed by atoms with Gasteiger partial charge in [-0.1, -0.05) is 30.3 Å². The molecule has 5 heteroatoms. The number of hydrogen-bond donors (Lipinski definition) is 0. The van der Waals surface area contributed by atoms with Crippen LogP contribution in [0.4, 0.5) is 5.69 Å². The van der Waals surface area contributed by atoms with Crippen LogP contribution in [0, 0.1) is 5.92 Å². The molecule has 0 bridgehead atoms. The fourth-order valence-electron chi connectivity index (χ4n) is 4.12. The van der Waals surface area contributed by atoms with Crippen molar-refractivity contribution in [2.45, 2.75) is 18.9 Å². The fourth-order valence-corrected chi connectivity index (χ4v) is 4.12. The van der Waals surface area contributed by atoms with Gasteiger partial charge in [-0.05, 0) is 66.9 Å². The molecule has 5 nitrogen and oxygen atoms in total. The van der Waals surface area contributed by atoms with Crippen LogP contribution in [0.2, 0.25) is 0 Å². The second kappa shape index (κ2) is 9.04. The van der Waals surface area contributed by atoms with E-state index in [9.17, 15) is 9.59 Å². The molecule has 3 aromatic rings. The second-order valence-electron chi connectivity index (χ2n) is 7.64. The molecule has 0 saturated carbocycles. The van der Waals surface area contributed by atoms with Gasteiger partial charge in [-0.25, -0.2) is 0 Å². The summed E-state index contributed by atoms with van der Waals surface area (Å²) in [7, 11) is 3.19. The number of carbonyl (C=O) groups excluding carboxylic acids is 2. The van der Waals surface area contributed by atoms with Gasteiger partial charge in [-0.15, -0.1) is 0 Å². The van der Waals surface area contributed by atoms with Crippen LogP contribution in [0.25, 0.3) is 0 Å². The van der Waals surface area contributed by atoms with Gasteiger partial charge in [0.1, 0.15) is 17.5 Å². The van der Waals surface area contributed by atoms with Gasteiger partial charge < -0.3 is 14.4 Å². The zero-order valence-electron chi connectivity index (χ0n) is 17.7. The molecule has 0 aliphatic carbocycles. The van der Waals surface area contributed by atoms with Crippen molar-refractivity contribution in [3.05, 3.63) is 90.0 Å². The fraction of sp³-hybridized carbons (Fsp3) is 0.231. The lowest BCUT2D eigenvalue weighted by Crippen LogP contribution is -2.39. The minimum absolute atomic E-state index is 0.0270. The third-order valence-electron chi connectivity index (χ3n) is 5.76. The Kier molecular flexibility index (Phi) is 6.03. The number of nitrogens with zero attached hydrogens (tertiary/aromatic N) is 1. The molecule has 158 valence electrons. The summed E-state index contributed by atoms with van der Waals surface area (Å²) < 4.78 is 10.4. The van der Waals surface area contributed by atoms with Crippen molar-refractivity contribution in [1.82, 2.24) is 0 Å². The first-order valence-corrected chi connectivity index (χ1v) is 10.3. The normalized spacial score (nSPS) is 18.1. The molecule has 0 radical (unpaired) electrons. The summed E-state index contributed by atoms with van der Waals surface area (Å²) in [5, 5.41) is 0. The van der Waals surface area contributed by atoms with Crippen molar-refractivity contribution >= 4 is 17.4 Å². The Bertz CT molecular complexity index is 1050. The average Bonchev–Trinajstić information content (AvgIpc) is 3.15. The summed E-state index contributed by atoms with van der Waals surface area (Å²) in [5.74, 6) is 1.04. The van der Waals surface area contributed by atoms with Crippen LogP contribution in [0.3, 0.4) is 0 Å². The molecule has 0 aromatic heterocycles. The number of ether oxygens (including phenoxy) is 2. The van der Waals surface area contributed by atoms with Gasteiger partial charge in [-0.2, -0.15) is 0 Å². The van der Waals surface area contributed by atoms with Crippen LogP contribution in [-0.2, 0) is 11.2 Å². The van der Waals surface area contributed by atoms with Crippen molar-refractivity contribution in [3.63, 3.8) is 0 Å². The van der Waals surface area contributed by atoms with Crippen LogP contribution >= 0.6 is 0 Å². The summed E-state index contributed by atoms with van der Waals surface area (Å²) >= 11 is 0. The monoisotopic (exact) mass is 415 g/mol. The molecule has 3 aromatic carbocycles. The van der Waals surface area contributed by atoms with Gasteiger partial charge in [0.25, 0.3) is 0 Å². The molecular formula is C26H25NO4. The molecule has 1 fully saturated rings. The number of Topliss-reactive ketones (excluding diaryl/α,β-unsaturated/α-hetero) is 1. The number of rotatable bonds is 7. The highest BCUT2D eigenvalue weighted by atomic mass is 16.5. The average molecular weight is 415 g/mol. The number of hydrogen-bond acceptors (Lipinski definition) is 4. The Hall–Kier alpha value is -3.60. The first kappa shape index (κ1) is 20.7. The van der Waals surface area contributed by atoms with Crippen molar-refractivity contribution in [1.29, 1.82) is 0 Å². The summed E-state index contributed by atoms with van der Waals surface area (Å²) in [6.07, 6.45) is 1.09. The Labute approximate surface area is 182 Å². The van der Waals surface area contributed by atoms with E-state index in [2.05, 4.69) is 0 Å². The largest absolute Gasteiger partial charge is 0.497 e. The van der Waals surface area contributed by atoms with Crippen molar-refractivity contribution < 1.29 is 19.1 Å². The van der Waals surface area contributed by atoms with Gasteiger partial charge in [0, 0.05) is 17.2 Å². The van der Waals surface area contributed by atoms with Crippen molar-refractivity contribution in [2.75, 3.05) is 19.1 Å². The quantitative estimate of drug-likeness (QED) is 0.531. The van der Waals surface area contributed by atoms with E-state index in [1.807, 2.05) is 54.6 Å². The van der Waals surface area contributed by atoms with Gasteiger partial charge in [0.2, 0.25) is 5.91 Å². The minimum Gasteiger partial charge on any atom is -0.497 e. The van der Waals surface area contributed by atoms with Gasteiger partial charge in [-0.3, -0.25) is 9.59 Å².